The van der Waals surface area contributed by atoms with E-state index in [2.05, 4.69) is 10.1 Å². The Hall–Kier alpha value is -0.330. The van der Waals surface area contributed by atoms with Crippen molar-refractivity contribution < 1.29 is 23.0 Å². The Morgan fingerprint density at radius 3 is 2.59 bits per heavy atom. The normalized spacial score (nSPS) is 26.1. The van der Waals surface area contributed by atoms with Crippen LogP contribution in [-0.4, -0.2) is 43.2 Å². The first-order valence-electron chi connectivity index (χ1n) is 6.05. The summed E-state index contributed by atoms with van der Waals surface area (Å²) in [7, 11) is 0. The number of hydrogen-bond acceptors (Lipinski definition) is 3. The topological polar surface area (TPSA) is 41.5 Å². The zero-order valence-corrected chi connectivity index (χ0v) is 9.80. The van der Waals surface area contributed by atoms with E-state index in [1.54, 1.807) is 0 Å². The lowest BCUT2D eigenvalue weighted by molar-refractivity contribution is -0.174. The monoisotopic (exact) mass is 255 g/mol. The van der Waals surface area contributed by atoms with Gasteiger partial charge in [-0.25, -0.2) is 0 Å². The SMILES string of the molecule is OC1CCCCC1NCCCOCC(F)(F)F. The molecular weight excluding hydrogens is 235 g/mol. The Labute approximate surface area is 99.3 Å². The molecule has 2 atom stereocenters. The van der Waals surface area contributed by atoms with Gasteiger partial charge in [0.15, 0.2) is 0 Å². The molecule has 1 fully saturated rings. The summed E-state index contributed by atoms with van der Waals surface area (Å²) < 4.78 is 39.7. The molecule has 17 heavy (non-hydrogen) atoms. The average molecular weight is 255 g/mol. The fraction of sp³-hybridized carbons (Fsp3) is 1.00. The van der Waals surface area contributed by atoms with Crippen molar-refractivity contribution in [2.24, 2.45) is 0 Å². The summed E-state index contributed by atoms with van der Waals surface area (Å²) >= 11 is 0. The van der Waals surface area contributed by atoms with Crippen molar-refractivity contribution in [3.05, 3.63) is 0 Å². The highest BCUT2D eigenvalue weighted by Gasteiger charge is 2.27. The van der Waals surface area contributed by atoms with Crippen LogP contribution in [0.15, 0.2) is 0 Å². The summed E-state index contributed by atoms with van der Waals surface area (Å²) in [5.41, 5.74) is 0. The largest absolute Gasteiger partial charge is 0.411 e. The van der Waals surface area contributed by atoms with Crippen LogP contribution in [0.2, 0.25) is 0 Å². The molecule has 1 aliphatic carbocycles. The Balaban J connectivity index is 1.96. The molecule has 6 heteroatoms. The van der Waals surface area contributed by atoms with Gasteiger partial charge in [-0.05, 0) is 25.8 Å². The third-order valence-electron chi connectivity index (χ3n) is 2.87. The van der Waals surface area contributed by atoms with E-state index in [1.165, 1.54) is 0 Å². The Kier molecular flexibility index (Phi) is 6.22. The Morgan fingerprint density at radius 2 is 1.94 bits per heavy atom. The van der Waals surface area contributed by atoms with Crippen LogP contribution in [0.25, 0.3) is 0 Å². The molecule has 0 amide bonds. The van der Waals surface area contributed by atoms with E-state index in [9.17, 15) is 18.3 Å². The van der Waals surface area contributed by atoms with Gasteiger partial charge in [0.1, 0.15) is 6.61 Å². The van der Waals surface area contributed by atoms with Crippen molar-refractivity contribution in [3.8, 4) is 0 Å². The summed E-state index contributed by atoms with van der Waals surface area (Å²) in [6.07, 6.45) is -0.147. The summed E-state index contributed by atoms with van der Waals surface area (Å²) in [6, 6.07) is 0.0892. The molecule has 0 aromatic carbocycles. The van der Waals surface area contributed by atoms with Crippen LogP contribution >= 0.6 is 0 Å². The van der Waals surface area contributed by atoms with Gasteiger partial charge in [0, 0.05) is 12.6 Å². The van der Waals surface area contributed by atoms with Crippen molar-refractivity contribution in [2.45, 2.75) is 50.4 Å². The van der Waals surface area contributed by atoms with Gasteiger partial charge in [0.25, 0.3) is 0 Å². The summed E-state index contributed by atoms with van der Waals surface area (Å²) in [5.74, 6) is 0. The minimum Gasteiger partial charge on any atom is -0.392 e. The number of aliphatic hydroxyl groups is 1. The highest BCUT2D eigenvalue weighted by atomic mass is 19.4. The van der Waals surface area contributed by atoms with E-state index in [4.69, 9.17) is 0 Å². The van der Waals surface area contributed by atoms with Crippen molar-refractivity contribution in [1.29, 1.82) is 0 Å². The van der Waals surface area contributed by atoms with E-state index < -0.39 is 12.8 Å². The number of aliphatic hydroxyl groups excluding tert-OH is 1. The Morgan fingerprint density at radius 1 is 1.24 bits per heavy atom. The van der Waals surface area contributed by atoms with Crippen molar-refractivity contribution in [1.82, 2.24) is 5.32 Å². The maximum Gasteiger partial charge on any atom is 0.411 e. The first-order chi connectivity index (χ1) is 7.99. The smallest absolute Gasteiger partial charge is 0.392 e. The molecule has 0 aromatic rings. The molecule has 0 bridgehead atoms. The lowest BCUT2D eigenvalue weighted by Crippen LogP contribution is -2.42. The van der Waals surface area contributed by atoms with Gasteiger partial charge in [0.2, 0.25) is 0 Å². The van der Waals surface area contributed by atoms with E-state index in [0.29, 0.717) is 13.0 Å². The summed E-state index contributed by atoms with van der Waals surface area (Å²) in [4.78, 5) is 0. The van der Waals surface area contributed by atoms with Gasteiger partial charge in [-0.15, -0.1) is 0 Å². The van der Waals surface area contributed by atoms with Crippen LogP contribution in [-0.2, 0) is 4.74 Å². The lowest BCUT2D eigenvalue weighted by Gasteiger charge is -2.28. The lowest BCUT2D eigenvalue weighted by atomic mass is 9.92. The molecule has 1 aliphatic rings. The second-order valence-corrected chi connectivity index (χ2v) is 4.43. The van der Waals surface area contributed by atoms with Crippen LogP contribution < -0.4 is 5.32 Å². The van der Waals surface area contributed by atoms with E-state index in [-0.39, 0.29) is 18.8 Å². The molecule has 0 saturated heterocycles. The van der Waals surface area contributed by atoms with E-state index in [1.807, 2.05) is 0 Å². The first kappa shape index (κ1) is 14.7. The second kappa shape index (κ2) is 7.18. The first-order valence-corrected chi connectivity index (χ1v) is 6.05. The van der Waals surface area contributed by atoms with Crippen molar-refractivity contribution in [2.75, 3.05) is 19.8 Å². The maximum absolute atomic E-state index is 11.7. The number of alkyl halides is 3. The number of halogens is 3. The fourth-order valence-corrected chi connectivity index (χ4v) is 2.00. The predicted octanol–water partition coefficient (Wildman–Crippen LogP) is 1.85. The van der Waals surface area contributed by atoms with E-state index >= 15 is 0 Å². The van der Waals surface area contributed by atoms with E-state index in [0.717, 1.165) is 25.7 Å². The zero-order chi connectivity index (χ0) is 12.7. The Bertz CT molecular complexity index is 211. The van der Waals surface area contributed by atoms with Gasteiger partial charge in [-0.1, -0.05) is 12.8 Å². The molecule has 0 radical (unpaired) electrons. The van der Waals surface area contributed by atoms with Crippen LogP contribution in [0.1, 0.15) is 32.1 Å². The predicted molar refractivity (Wildman–Crippen MR) is 57.8 cm³/mol. The van der Waals surface area contributed by atoms with Gasteiger partial charge in [-0.2, -0.15) is 13.2 Å². The molecule has 0 heterocycles. The molecule has 2 N–H and O–H groups in total. The number of nitrogens with one attached hydrogen (secondary N) is 1. The number of ether oxygens (including phenoxy) is 1. The van der Waals surface area contributed by atoms with Crippen molar-refractivity contribution in [3.63, 3.8) is 0 Å². The second-order valence-electron chi connectivity index (χ2n) is 4.43. The van der Waals surface area contributed by atoms with Crippen LogP contribution in [0, 0.1) is 0 Å². The average Bonchev–Trinajstić information content (AvgIpc) is 2.24. The minimum absolute atomic E-state index is 0.0892. The molecule has 102 valence electrons. The molecule has 0 aliphatic heterocycles. The molecule has 0 aromatic heterocycles. The highest BCUT2D eigenvalue weighted by Crippen LogP contribution is 2.18. The molecule has 2 unspecified atom stereocenters. The molecule has 1 saturated carbocycles. The molecule has 1 rings (SSSR count). The molecule has 3 nitrogen and oxygen atoms in total. The van der Waals surface area contributed by atoms with Gasteiger partial charge in [-0.3, -0.25) is 0 Å². The van der Waals surface area contributed by atoms with Crippen molar-refractivity contribution >= 4 is 0 Å². The van der Waals surface area contributed by atoms with Gasteiger partial charge < -0.3 is 15.2 Å². The quantitative estimate of drug-likeness (QED) is 0.712. The van der Waals surface area contributed by atoms with Crippen LogP contribution in [0.4, 0.5) is 13.2 Å². The summed E-state index contributed by atoms with van der Waals surface area (Å²) in [6.45, 7) is -0.506. The zero-order valence-electron chi connectivity index (χ0n) is 9.80. The molecule has 0 spiro atoms. The standard InChI is InChI=1S/C11H20F3NO2/c12-11(13,14)8-17-7-3-6-15-9-4-1-2-5-10(9)16/h9-10,15-16H,1-8H2. The highest BCUT2D eigenvalue weighted by molar-refractivity contribution is 4.79. The molecular formula is C11H20F3NO2. The fourth-order valence-electron chi connectivity index (χ4n) is 2.00. The van der Waals surface area contributed by atoms with Gasteiger partial charge in [0.05, 0.1) is 6.10 Å². The van der Waals surface area contributed by atoms with Gasteiger partial charge >= 0.3 is 6.18 Å². The minimum atomic E-state index is -4.24. The summed E-state index contributed by atoms with van der Waals surface area (Å²) in [5, 5.41) is 12.8. The number of hydrogen-bond donors (Lipinski definition) is 2. The van der Waals surface area contributed by atoms with Crippen LogP contribution in [0.3, 0.4) is 0 Å². The maximum atomic E-state index is 11.7. The third kappa shape index (κ3) is 6.85. The third-order valence-corrected chi connectivity index (χ3v) is 2.87. The van der Waals surface area contributed by atoms with Crippen LogP contribution in [0.5, 0.6) is 0 Å². The number of rotatable bonds is 6.